The molecule has 0 bridgehead atoms. The molecule has 9 nitrogen and oxygen atoms in total. The number of fused-ring (bicyclic) bond motifs is 1. The number of nitrogens with one attached hydrogen (secondary N) is 1. The van der Waals surface area contributed by atoms with Crippen LogP contribution in [0.25, 0.3) is 10.8 Å². The zero-order chi connectivity index (χ0) is 19.7. The summed E-state index contributed by atoms with van der Waals surface area (Å²) in [5.41, 5.74) is 0.418. The minimum atomic E-state index is -3.66. The van der Waals surface area contributed by atoms with Gasteiger partial charge in [-0.3, -0.25) is 9.71 Å². The van der Waals surface area contributed by atoms with E-state index in [4.69, 9.17) is 9.26 Å². The van der Waals surface area contributed by atoms with E-state index in [1.165, 1.54) is 24.3 Å². The summed E-state index contributed by atoms with van der Waals surface area (Å²) in [6.45, 7) is 1.34. The number of aromatic nitrogens is 2. The second kappa shape index (κ2) is 7.17. The molecule has 1 aromatic carbocycles. The molecule has 3 heterocycles. The summed E-state index contributed by atoms with van der Waals surface area (Å²) in [6, 6.07) is 9.19. The third-order valence-corrected chi connectivity index (χ3v) is 6.13. The van der Waals surface area contributed by atoms with Gasteiger partial charge in [-0.2, -0.15) is 4.98 Å². The minimum absolute atomic E-state index is 0.111. The number of amidine groups is 1. The monoisotopic (exact) mass is 418 g/mol. The van der Waals surface area contributed by atoms with Gasteiger partial charge < -0.3 is 9.26 Å². The Hall–Kier alpha value is -3.05. The highest BCUT2D eigenvalue weighted by Crippen LogP contribution is 2.23. The molecule has 4 rings (SSSR count). The summed E-state index contributed by atoms with van der Waals surface area (Å²) in [6.07, 6.45) is 0. The molecule has 0 saturated carbocycles. The summed E-state index contributed by atoms with van der Waals surface area (Å²) < 4.78 is 36.8. The summed E-state index contributed by atoms with van der Waals surface area (Å²) in [5.74, 6) is 0.0490. The van der Waals surface area contributed by atoms with Crippen molar-refractivity contribution in [2.75, 3.05) is 0 Å². The lowest BCUT2D eigenvalue weighted by atomic mass is 10.2. The Morgan fingerprint density at radius 3 is 2.93 bits per heavy atom. The van der Waals surface area contributed by atoms with Gasteiger partial charge in [0.2, 0.25) is 5.82 Å². The van der Waals surface area contributed by atoms with Gasteiger partial charge in [-0.05, 0) is 30.5 Å². The zero-order valence-electron chi connectivity index (χ0n) is 14.5. The van der Waals surface area contributed by atoms with E-state index in [2.05, 4.69) is 19.9 Å². The minimum Gasteiger partial charge on any atom is -0.456 e. The molecule has 0 fully saturated rings. The van der Waals surface area contributed by atoms with Gasteiger partial charge in [0.15, 0.2) is 6.61 Å². The zero-order valence-corrected chi connectivity index (χ0v) is 16.2. The predicted octanol–water partition coefficient (Wildman–Crippen LogP) is 1.97. The number of aliphatic imine (C=N–C) groups is 1. The number of esters is 1. The fraction of sp³-hybridized carbons (Fsp3) is 0.176. The smallest absolute Gasteiger partial charge is 0.331 e. The highest BCUT2D eigenvalue weighted by molar-refractivity contribution is 7.90. The fourth-order valence-corrected chi connectivity index (χ4v) is 4.43. The quantitative estimate of drug-likeness (QED) is 0.628. The molecule has 0 amide bonds. The lowest BCUT2D eigenvalue weighted by molar-refractivity contribution is -0.146. The van der Waals surface area contributed by atoms with Gasteiger partial charge in [0.1, 0.15) is 11.9 Å². The number of rotatable bonds is 5. The maximum atomic E-state index is 12.2. The van der Waals surface area contributed by atoms with E-state index >= 15 is 0 Å². The first-order chi connectivity index (χ1) is 13.4. The van der Waals surface area contributed by atoms with Crippen LogP contribution >= 0.6 is 11.3 Å². The van der Waals surface area contributed by atoms with E-state index in [1.54, 1.807) is 18.2 Å². The molecular formula is C17H14N4O5S2. The van der Waals surface area contributed by atoms with Gasteiger partial charge in [0, 0.05) is 5.56 Å². The number of thiophene rings is 1. The molecule has 1 aliphatic rings. The van der Waals surface area contributed by atoms with Crippen LogP contribution in [-0.4, -0.2) is 36.4 Å². The molecule has 28 heavy (non-hydrogen) atoms. The van der Waals surface area contributed by atoms with Crippen molar-refractivity contribution in [1.82, 2.24) is 14.9 Å². The Balaban J connectivity index is 1.43. The maximum absolute atomic E-state index is 12.2. The van der Waals surface area contributed by atoms with Gasteiger partial charge in [0.05, 0.1) is 9.77 Å². The number of sulfonamides is 1. The van der Waals surface area contributed by atoms with Gasteiger partial charge in [-0.1, -0.05) is 23.4 Å². The predicted molar refractivity (Wildman–Crippen MR) is 100 cm³/mol. The van der Waals surface area contributed by atoms with Gasteiger partial charge in [0.25, 0.3) is 15.9 Å². The summed E-state index contributed by atoms with van der Waals surface area (Å²) >= 11 is 1.45. The van der Waals surface area contributed by atoms with Crippen LogP contribution < -0.4 is 4.72 Å². The van der Waals surface area contributed by atoms with Crippen LogP contribution in [0.2, 0.25) is 0 Å². The number of hydrogen-bond acceptors (Lipinski definition) is 9. The highest BCUT2D eigenvalue weighted by atomic mass is 32.2. The molecular weight excluding hydrogens is 404 g/mol. The summed E-state index contributed by atoms with van der Waals surface area (Å²) in [7, 11) is -3.66. The maximum Gasteiger partial charge on any atom is 0.331 e. The number of ether oxygens (including phenoxy) is 1. The molecule has 1 atom stereocenters. The molecule has 0 saturated heterocycles. The van der Waals surface area contributed by atoms with Crippen molar-refractivity contribution in [3.63, 3.8) is 0 Å². The number of carbonyl (C=O) groups is 1. The second-order valence-corrected chi connectivity index (χ2v) is 8.45. The van der Waals surface area contributed by atoms with Crippen LogP contribution in [0.15, 0.2) is 56.2 Å². The normalized spacial score (nSPS) is 17.1. The van der Waals surface area contributed by atoms with Crippen molar-refractivity contribution in [1.29, 1.82) is 0 Å². The van der Waals surface area contributed by atoms with Crippen LogP contribution in [0.1, 0.15) is 18.3 Å². The molecule has 2 aromatic heterocycles. The van der Waals surface area contributed by atoms with Crippen molar-refractivity contribution in [3.8, 4) is 10.8 Å². The third-order valence-electron chi connectivity index (χ3n) is 3.87. The lowest BCUT2D eigenvalue weighted by Crippen LogP contribution is -2.26. The first-order valence-corrected chi connectivity index (χ1v) is 10.5. The van der Waals surface area contributed by atoms with Crippen LogP contribution in [-0.2, 0) is 26.2 Å². The Labute approximate surface area is 164 Å². The molecule has 1 aliphatic heterocycles. The molecule has 0 unspecified atom stereocenters. The average Bonchev–Trinajstić information content (AvgIpc) is 3.40. The van der Waals surface area contributed by atoms with E-state index in [-0.39, 0.29) is 23.2 Å². The summed E-state index contributed by atoms with van der Waals surface area (Å²) in [4.78, 5) is 21.5. The number of nitrogens with zero attached hydrogens (tertiary/aromatic N) is 3. The highest BCUT2D eigenvalue weighted by Gasteiger charge is 2.31. The fourth-order valence-electron chi connectivity index (χ4n) is 2.55. The molecule has 0 radical (unpaired) electrons. The Kier molecular flexibility index (Phi) is 4.69. The SMILES string of the molecule is C[C@H](N=C1NS(=O)(=O)c2ccccc21)C(=O)OCc1noc(-c2cccs2)n1. The van der Waals surface area contributed by atoms with E-state index < -0.39 is 22.0 Å². The first-order valence-electron chi connectivity index (χ1n) is 8.17. The Morgan fingerprint density at radius 2 is 2.14 bits per heavy atom. The van der Waals surface area contributed by atoms with Crippen molar-refractivity contribution < 1.29 is 22.5 Å². The molecule has 0 aliphatic carbocycles. The Bertz CT molecular complexity index is 1150. The number of hydrogen-bond donors (Lipinski definition) is 1. The van der Waals surface area contributed by atoms with Crippen LogP contribution in [0, 0.1) is 0 Å². The van der Waals surface area contributed by atoms with Crippen molar-refractivity contribution in [2.24, 2.45) is 4.99 Å². The number of benzene rings is 1. The standard InChI is InChI=1S/C17H14N4O5S2/c1-10(18-15-11-5-2-3-7-13(11)28(23,24)21-15)17(22)25-9-14-19-16(26-20-14)12-6-4-8-27-12/h2-8,10H,9H2,1H3,(H,18,21)/t10-/m0/s1. The van der Waals surface area contributed by atoms with Gasteiger partial charge in [-0.15, -0.1) is 11.3 Å². The summed E-state index contributed by atoms with van der Waals surface area (Å²) in [5, 5.41) is 5.66. The van der Waals surface area contributed by atoms with Gasteiger partial charge >= 0.3 is 5.97 Å². The molecule has 11 heteroatoms. The third kappa shape index (κ3) is 3.53. The molecule has 0 spiro atoms. The molecule has 3 aromatic rings. The van der Waals surface area contributed by atoms with Gasteiger partial charge in [-0.25, -0.2) is 13.2 Å². The van der Waals surface area contributed by atoms with Crippen molar-refractivity contribution in [3.05, 3.63) is 53.2 Å². The van der Waals surface area contributed by atoms with Crippen molar-refractivity contribution in [2.45, 2.75) is 24.5 Å². The number of carbonyl (C=O) groups excluding carboxylic acids is 1. The van der Waals surface area contributed by atoms with Crippen molar-refractivity contribution >= 4 is 33.2 Å². The van der Waals surface area contributed by atoms with E-state index in [9.17, 15) is 13.2 Å². The molecule has 1 N–H and O–H groups in total. The second-order valence-electron chi connectivity index (χ2n) is 5.86. The first kappa shape index (κ1) is 18.3. The largest absolute Gasteiger partial charge is 0.456 e. The lowest BCUT2D eigenvalue weighted by Gasteiger charge is -2.07. The van der Waals surface area contributed by atoms with E-state index in [0.29, 0.717) is 11.5 Å². The molecule has 144 valence electrons. The van der Waals surface area contributed by atoms with Crippen LogP contribution in [0.4, 0.5) is 0 Å². The van der Waals surface area contributed by atoms with Crippen LogP contribution in [0.5, 0.6) is 0 Å². The topological polar surface area (TPSA) is 124 Å². The van der Waals surface area contributed by atoms with Crippen LogP contribution in [0.3, 0.4) is 0 Å². The van der Waals surface area contributed by atoms with E-state index in [0.717, 1.165) is 4.88 Å². The van der Waals surface area contributed by atoms with E-state index in [1.807, 2.05) is 17.5 Å². The average molecular weight is 418 g/mol. The Morgan fingerprint density at radius 1 is 1.32 bits per heavy atom.